The minimum Gasteiger partial charge on any atom is -0.402 e. The van der Waals surface area contributed by atoms with Gasteiger partial charge in [0.1, 0.15) is 5.82 Å². The number of ether oxygens (including phenoxy) is 1. The van der Waals surface area contributed by atoms with Gasteiger partial charge in [-0.2, -0.15) is 0 Å². The fourth-order valence-corrected chi connectivity index (χ4v) is 5.69. The zero-order valence-electron chi connectivity index (χ0n) is 19.2. The molecule has 2 N–H and O–H groups in total. The summed E-state index contributed by atoms with van der Waals surface area (Å²) in [6, 6.07) is 2.35. The van der Waals surface area contributed by atoms with Crippen molar-refractivity contribution in [2.75, 3.05) is 39.0 Å². The summed E-state index contributed by atoms with van der Waals surface area (Å²) in [5.41, 5.74) is 6.65. The lowest BCUT2D eigenvalue weighted by Crippen LogP contribution is -2.48. The van der Waals surface area contributed by atoms with Crippen molar-refractivity contribution in [3.05, 3.63) is 24.3 Å². The van der Waals surface area contributed by atoms with E-state index >= 15 is 0 Å². The number of likely N-dealkylation sites (N-methyl/N-ethyl adjacent to an activating group) is 1. The van der Waals surface area contributed by atoms with Gasteiger partial charge in [0.05, 0.1) is 5.69 Å². The number of hydrogen-bond donors (Lipinski definition) is 1. The number of anilines is 1. The van der Waals surface area contributed by atoms with E-state index in [2.05, 4.69) is 45.0 Å². The first-order valence-corrected chi connectivity index (χ1v) is 11.6. The van der Waals surface area contributed by atoms with Gasteiger partial charge in [-0.25, -0.2) is 9.97 Å². The van der Waals surface area contributed by atoms with Gasteiger partial charge >= 0.3 is 6.36 Å². The van der Waals surface area contributed by atoms with Gasteiger partial charge in [-0.1, -0.05) is 13.8 Å². The summed E-state index contributed by atoms with van der Waals surface area (Å²) in [6.07, 6.45) is 0.997. The summed E-state index contributed by atoms with van der Waals surface area (Å²) in [6.45, 7) is 8.73. The van der Waals surface area contributed by atoms with E-state index in [9.17, 15) is 13.2 Å². The normalized spacial score (nSPS) is 28.3. The molecule has 2 aromatic heterocycles. The van der Waals surface area contributed by atoms with Gasteiger partial charge < -0.3 is 19.9 Å². The molecule has 10 heteroatoms. The SMILES string of the molecule is CC(C)c1nc(-c2cnc(N)c(OC(F)(F)F)c2)cn1[C@H]1[C@@H]2CC(N3CCN(C)CC3)C[C@@H]21. The van der Waals surface area contributed by atoms with Crippen molar-refractivity contribution >= 4 is 5.82 Å². The van der Waals surface area contributed by atoms with Crippen molar-refractivity contribution in [3.63, 3.8) is 0 Å². The van der Waals surface area contributed by atoms with Crippen LogP contribution in [0.4, 0.5) is 19.0 Å². The van der Waals surface area contributed by atoms with Gasteiger partial charge in [0.15, 0.2) is 11.6 Å². The molecule has 3 fully saturated rings. The van der Waals surface area contributed by atoms with Crippen molar-refractivity contribution in [1.29, 1.82) is 0 Å². The highest BCUT2D eigenvalue weighted by atomic mass is 19.4. The van der Waals surface area contributed by atoms with Gasteiger partial charge in [0.2, 0.25) is 0 Å². The molecular weight excluding hydrogens is 433 g/mol. The number of nitrogens with two attached hydrogens (primary N) is 1. The van der Waals surface area contributed by atoms with Crippen LogP contribution in [0.2, 0.25) is 0 Å². The van der Waals surface area contributed by atoms with E-state index in [0.717, 1.165) is 32.0 Å². The molecule has 33 heavy (non-hydrogen) atoms. The fraction of sp³-hybridized carbons (Fsp3) is 0.652. The Morgan fingerprint density at radius 2 is 1.79 bits per heavy atom. The molecule has 4 atom stereocenters. The number of pyridine rings is 1. The van der Waals surface area contributed by atoms with Crippen molar-refractivity contribution in [2.45, 2.75) is 51.1 Å². The maximum Gasteiger partial charge on any atom is 0.573 e. The molecule has 1 aliphatic heterocycles. The van der Waals surface area contributed by atoms with Crippen LogP contribution < -0.4 is 10.5 Å². The van der Waals surface area contributed by atoms with Gasteiger partial charge in [0.25, 0.3) is 0 Å². The van der Waals surface area contributed by atoms with E-state index in [1.165, 1.54) is 25.1 Å². The lowest BCUT2D eigenvalue weighted by atomic mass is 10.1. The predicted molar refractivity (Wildman–Crippen MR) is 119 cm³/mol. The average molecular weight is 465 g/mol. The molecule has 2 aliphatic carbocycles. The molecule has 2 saturated carbocycles. The molecule has 1 saturated heterocycles. The molecule has 3 aliphatic rings. The van der Waals surface area contributed by atoms with Crippen LogP contribution in [0, 0.1) is 11.8 Å². The van der Waals surface area contributed by atoms with Crippen LogP contribution in [0.15, 0.2) is 18.5 Å². The average Bonchev–Trinajstić information content (AvgIpc) is 3.09. The number of rotatable bonds is 5. The van der Waals surface area contributed by atoms with Crippen LogP contribution in [0.25, 0.3) is 11.3 Å². The van der Waals surface area contributed by atoms with Crippen molar-refractivity contribution < 1.29 is 17.9 Å². The first kappa shape index (κ1) is 22.5. The number of nitrogen functional groups attached to an aromatic ring is 1. The lowest BCUT2D eigenvalue weighted by molar-refractivity contribution is -0.274. The summed E-state index contributed by atoms with van der Waals surface area (Å²) in [5.74, 6) is 1.63. The third-order valence-electron chi connectivity index (χ3n) is 7.43. The van der Waals surface area contributed by atoms with Crippen LogP contribution in [-0.2, 0) is 0 Å². The third kappa shape index (κ3) is 4.42. The van der Waals surface area contributed by atoms with Crippen LogP contribution in [0.3, 0.4) is 0 Å². The Morgan fingerprint density at radius 3 is 2.39 bits per heavy atom. The molecule has 2 aromatic rings. The number of fused-ring (bicyclic) bond motifs is 1. The second-order valence-electron chi connectivity index (χ2n) is 9.98. The largest absolute Gasteiger partial charge is 0.573 e. The second kappa shape index (κ2) is 8.16. The van der Waals surface area contributed by atoms with Gasteiger partial charge in [-0.3, -0.25) is 4.90 Å². The summed E-state index contributed by atoms with van der Waals surface area (Å²) in [4.78, 5) is 13.7. The van der Waals surface area contributed by atoms with E-state index < -0.39 is 12.1 Å². The van der Waals surface area contributed by atoms with Crippen LogP contribution in [0.1, 0.15) is 44.5 Å². The van der Waals surface area contributed by atoms with E-state index in [-0.39, 0.29) is 11.7 Å². The number of piperazine rings is 1. The van der Waals surface area contributed by atoms with Crippen molar-refractivity contribution in [3.8, 4) is 17.0 Å². The minimum atomic E-state index is -4.83. The molecule has 0 spiro atoms. The second-order valence-corrected chi connectivity index (χ2v) is 9.98. The van der Waals surface area contributed by atoms with Crippen LogP contribution >= 0.6 is 0 Å². The van der Waals surface area contributed by atoms with Crippen molar-refractivity contribution in [1.82, 2.24) is 24.3 Å². The Labute approximate surface area is 191 Å². The van der Waals surface area contributed by atoms with Gasteiger partial charge in [0, 0.05) is 62.1 Å². The standard InChI is InChI=1S/C23H31F3N6O/c1-13(2)22-29-18(14-8-19(21(27)28-11-14)33-23(24,25)26)12-32(22)20-16-9-15(10-17(16)20)31-6-4-30(3)5-7-31/h8,11-13,15-17,20H,4-7,9-10H2,1-3H3,(H2,27,28)/t15?,16-,17+,20+. The smallest absolute Gasteiger partial charge is 0.402 e. The first-order valence-electron chi connectivity index (χ1n) is 11.6. The number of imidazole rings is 1. The zero-order valence-corrected chi connectivity index (χ0v) is 19.2. The Kier molecular flexibility index (Phi) is 5.55. The molecule has 0 bridgehead atoms. The number of halogens is 3. The van der Waals surface area contributed by atoms with Crippen LogP contribution in [0.5, 0.6) is 5.75 Å². The highest BCUT2D eigenvalue weighted by molar-refractivity contribution is 5.64. The lowest BCUT2D eigenvalue weighted by Gasteiger charge is -2.37. The summed E-state index contributed by atoms with van der Waals surface area (Å²) >= 11 is 0. The molecule has 180 valence electrons. The monoisotopic (exact) mass is 464 g/mol. The van der Waals surface area contributed by atoms with E-state index in [1.807, 2.05) is 6.20 Å². The number of aromatic nitrogens is 3. The van der Waals surface area contributed by atoms with E-state index in [4.69, 9.17) is 10.7 Å². The number of alkyl halides is 3. The third-order valence-corrected chi connectivity index (χ3v) is 7.43. The summed E-state index contributed by atoms with van der Waals surface area (Å²) < 4.78 is 44.5. The quantitative estimate of drug-likeness (QED) is 0.727. The summed E-state index contributed by atoms with van der Waals surface area (Å²) in [7, 11) is 2.18. The predicted octanol–water partition coefficient (Wildman–Crippen LogP) is 3.75. The first-order chi connectivity index (χ1) is 15.6. The molecule has 1 unspecified atom stereocenters. The number of hydrogen-bond acceptors (Lipinski definition) is 6. The Balaban J connectivity index is 1.34. The summed E-state index contributed by atoms with van der Waals surface area (Å²) in [5, 5.41) is 0. The molecule has 0 amide bonds. The van der Waals surface area contributed by atoms with Crippen LogP contribution in [-0.4, -0.2) is 70.0 Å². The Bertz CT molecular complexity index is 1000. The Morgan fingerprint density at radius 1 is 1.12 bits per heavy atom. The van der Waals surface area contributed by atoms with E-state index in [0.29, 0.717) is 35.2 Å². The van der Waals surface area contributed by atoms with E-state index in [1.54, 1.807) is 0 Å². The molecule has 0 radical (unpaired) electrons. The fourth-order valence-electron chi connectivity index (χ4n) is 5.69. The molecular formula is C23H31F3N6O. The molecule has 3 heterocycles. The van der Waals surface area contributed by atoms with Gasteiger partial charge in [-0.05, 0) is 37.8 Å². The number of nitrogens with zero attached hydrogens (tertiary/aromatic N) is 5. The minimum absolute atomic E-state index is 0.196. The highest BCUT2D eigenvalue weighted by Gasteiger charge is 2.58. The molecule has 0 aromatic carbocycles. The maximum absolute atomic E-state index is 12.7. The van der Waals surface area contributed by atoms with Crippen molar-refractivity contribution in [2.24, 2.45) is 11.8 Å². The molecule has 7 nitrogen and oxygen atoms in total. The highest BCUT2D eigenvalue weighted by Crippen LogP contribution is 2.62. The van der Waals surface area contributed by atoms with Gasteiger partial charge in [-0.15, -0.1) is 13.2 Å². The Hall–Kier alpha value is -2.33. The molecule has 5 rings (SSSR count). The maximum atomic E-state index is 12.7. The zero-order chi connectivity index (χ0) is 23.5. The topological polar surface area (TPSA) is 72.4 Å².